The molecule has 0 aromatic heterocycles. The predicted molar refractivity (Wildman–Crippen MR) is 49.2 cm³/mol. The Kier molecular flexibility index (Phi) is 2.19. The summed E-state index contributed by atoms with van der Waals surface area (Å²) in [6.45, 7) is 6.52. The Morgan fingerprint density at radius 3 is 2.36 bits per heavy atom. The molecule has 0 amide bonds. The van der Waals surface area contributed by atoms with E-state index in [-0.39, 0.29) is 11.5 Å². The van der Waals surface area contributed by atoms with Gasteiger partial charge in [-0.25, -0.2) is 0 Å². The number of nitrogens with two attached hydrogens (primary N) is 1. The first-order valence-corrected chi connectivity index (χ1v) is 4.15. The Labute approximate surface area is 69.0 Å². The summed E-state index contributed by atoms with van der Waals surface area (Å²) in [5.41, 5.74) is 6.04. The maximum absolute atomic E-state index is 5.86. The number of allylic oxidation sites excluding steroid dienone is 2. The smallest absolute Gasteiger partial charge is 0.0285 e. The summed E-state index contributed by atoms with van der Waals surface area (Å²) < 4.78 is 0. The molecule has 2 unspecified atom stereocenters. The van der Waals surface area contributed by atoms with Crippen molar-refractivity contribution in [3.8, 4) is 0 Å². The first-order chi connectivity index (χ1) is 5.01. The SMILES string of the molecule is CC1C=CC(C)(C)C=CC1N. The van der Waals surface area contributed by atoms with Crippen LogP contribution in [0, 0.1) is 11.3 Å². The van der Waals surface area contributed by atoms with Gasteiger partial charge in [0.2, 0.25) is 0 Å². The fraction of sp³-hybridized carbons (Fsp3) is 0.600. The Hall–Kier alpha value is -0.560. The molecule has 0 saturated heterocycles. The van der Waals surface area contributed by atoms with Crippen LogP contribution in [0.2, 0.25) is 0 Å². The van der Waals surface area contributed by atoms with Crippen molar-refractivity contribution < 1.29 is 0 Å². The topological polar surface area (TPSA) is 26.0 Å². The van der Waals surface area contributed by atoms with Crippen LogP contribution in [0.15, 0.2) is 24.3 Å². The molecule has 0 saturated carbocycles. The van der Waals surface area contributed by atoms with E-state index in [1.807, 2.05) is 0 Å². The van der Waals surface area contributed by atoms with Crippen molar-refractivity contribution in [3.63, 3.8) is 0 Å². The first-order valence-electron chi connectivity index (χ1n) is 4.15. The zero-order valence-electron chi connectivity index (χ0n) is 7.54. The van der Waals surface area contributed by atoms with Crippen LogP contribution in [0.1, 0.15) is 20.8 Å². The molecule has 1 nitrogen and oxygen atoms in total. The fourth-order valence-corrected chi connectivity index (χ4v) is 1.12. The summed E-state index contributed by atoms with van der Waals surface area (Å²) in [6.07, 6.45) is 8.70. The molecule has 1 aliphatic carbocycles. The zero-order valence-corrected chi connectivity index (χ0v) is 7.54. The van der Waals surface area contributed by atoms with E-state index in [0.29, 0.717) is 5.92 Å². The minimum absolute atomic E-state index is 0.183. The molecule has 11 heavy (non-hydrogen) atoms. The van der Waals surface area contributed by atoms with E-state index in [2.05, 4.69) is 45.1 Å². The zero-order chi connectivity index (χ0) is 8.48. The van der Waals surface area contributed by atoms with E-state index >= 15 is 0 Å². The Balaban J connectivity index is 2.84. The van der Waals surface area contributed by atoms with E-state index in [0.717, 1.165) is 0 Å². The molecule has 62 valence electrons. The molecule has 1 rings (SSSR count). The van der Waals surface area contributed by atoms with Crippen molar-refractivity contribution in [3.05, 3.63) is 24.3 Å². The molecule has 0 aromatic carbocycles. The number of hydrogen-bond acceptors (Lipinski definition) is 1. The largest absolute Gasteiger partial charge is 0.324 e. The first kappa shape index (κ1) is 8.54. The Bertz CT molecular complexity index is 169. The van der Waals surface area contributed by atoms with Gasteiger partial charge in [0.05, 0.1) is 0 Å². The molecular weight excluding hydrogens is 134 g/mol. The maximum Gasteiger partial charge on any atom is 0.0285 e. The highest BCUT2D eigenvalue weighted by Gasteiger charge is 2.16. The monoisotopic (exact) mass is 151 g/mol. The minimum atomic E-state index is 0.183. The molecule has 0 radical (unpaired) electrons. The molecule has 0 aliphatic heterocycles. The van der Waals surface area contributed by atoms with Gasteiger partial charge in [0.25, 0.3) is 0 Å². The molecule has 2 N–H and O–H groups in total. The maximum atomic E-state index is 5.86. The third-order valence-electron chi connectivity index (χ3n) is 2.18. The molecule has 0 fully saturated rings. The van der Waals surface area contributed by atoms with Crippen molar-refractivity contribution in [1.29, 1.82) is 0 Å². The third kappa shape index (κ3) is 2.19. The third-order valence-corrected chi connectivity index (χ3v) is 2.18. The summed E-state index contributed by atoms with van der Waals surface area (Å²) in [7, 11) is 0. The number of hydrogen-bond donors (Lipinski definition) is 1. The van der Waals surface area contributed by atoms with Crippen LogP contribution in [0.4, 0.5) is 0 Å². The summed E-state index contributed by atoms with van der Waals surface area (Å²) in [5, 5.41) is 0. The molecule has 0 aromatic rings. The Morgan fingerprint density at radius 2 is 1.73 bits per heavy atom. The van der Waals surface area contributed by atoms with Crippen LogP contribution in [0.5, 0.6) is 0 Å². The second kappa shape index (κ2) is 2.82. The summed E-state index contributed by atoms with van der Waals surface area (Å²) in [5.74, 6) is 0.466. The van der Waals surface area contributed by atoms with Gasteiger partial charge in [0.15, 0.2) is 0 Å². The van der Waals surface area contributed by atoms with Crippen molar-refractivity contribution in [2.75, 3.05) is 0 Å². The molecule has 2 atom stereocenters. The van der Waals surface area contributed by atoms with Crippen molar-refractivity contribution >= 4 is 0 Å². The highest BCUT2D eigenvalue weighted by Crippen LogP contribution is 2.24. The van der Waals surface area contributed by atoms with Gasteiger partial charge >= 0.3 is 0 Å². The molecule has 0 spiro atoms. The lowest BCUT2D eigenvalue weighted by Gasteiger charge is -2.12. The van der Waals surface area contributed by atoms with Crippen LogP contribution in [-0.4, -0.2) is 6.04 Å². The summed E-state index contributed by atoms with van der Waals surface area (Å²) >= 11 is 0. The second-order valence-electron chi connectivity index (χ2n) is 3.98. The van der Waals surface area contributed by atoms with Gasteiger partial charge in [-0.2, -0.15) is 0 Å². The number of rotatable bonds is 0. The van der Waals surface area contributed by atoms with E-state index in [4.69, 9.17) is 5.73 Å². The van der Waals surface area contributed by atoms with Gasteiger partial charge in [0.1, 0.15) is 0 Å². The molecule has 1 heteroatoms. The van der Waals surface area contributed by atoms with Gasteiger partial charge in [0, 0.05) is 11.5 Å². The van der Waals surface area contributed by atoms with Crippen LogP contribution in [0.3, 0.4) is 0 Å². The van der Waals surface area contributed by atoms with Gasteiger partial charge in [-0.3, -0.25) is 0 Å². The lowest BCUT2D eigenvalue weighted by molar-refractivity contribution is 0.624. The molecule has 1 aliphatic rings. The minimum Gasteiger partial charge on any atom is -0.324 e. The highest BCUT2D eigenvalue weighted by atomic mass is 14.6. The summed E-state index contributed by atoms with van der Waals surface area (Å²) in [6, 6.07) is 0.188. The van der Waals surface area contributed by atoms with Gasteiger partial charge < -0.3 is 5.73 Å². The van der Waals surface area contributed by atoms with Gasteiger partial charge in [-0.05, 0) is 5.92 Å². The van der Waals surface area contributed by atoms with Crippen LogP contribution in [0.25, 0.3) is 0 Å². The van der Waals surface area contributed by atoms with E-state index in [1.54, 1.807) is 0 Å². The average Bonchev–Trinajstić information content (AvgIpc) is 2.03. The normalized spacial score (nSPS) is 35.3. The van der Waals surface area contributed by atoms with Gasteiger partial charge in [-0.1, -0.05) is 45.1 Å². The Morgan fingerprint density at radius 1 is 1.18 bits per heavy atom. The molecular formula is C10H17N. The fourth-order valence-electron chi connectivity index (χ4n) is 1.12. The van der Waals surface area contributed by atoms with E-state index < -0.39 is 0 Å². The van der Waals surface area contributed by atoms with Crippen molar-refractivity contribution in [2.24, 2.45) is 17.1 Å². The van der Waals surface area contributed by atoms with E-state index in [1.165, 1.54) is 0 Å². The highest BCUT2D eigenvalue weighted by molar-refractivity contribution is 5.16. The lowest BCUT2D eigenvalue weighted by atomic mass is 9.93. The lowest BCUT2D eigenvalue weighted by Crippen LogP contribution is -2.23. The predicted octanol–water partition coefficient (Wildman–Crippen LogP) is 2.10. The average molecular weight is 151 g/mol. The van der Waals surface area contributed by atoms with E-state index in [9.17, 15) is 0 Å². The van der Waals surface area contributed by atoms with Gasteiger partial charge in [-0.15, -0.1) is 0 Å². The molecule has 0 heterocycles. The summed E-state index contributed by atoms with van der Waals surface area (Å²) in [4.78, 5) is 0. The molecule has 0 bridgehead atoms. The van der Waals surface area contributed by atoms with Crippen LogP contribution in [-0.2, 0) is 0 Å². The van der Waals surface area contributed by atoms with Crippen LogP contribution < -0.4 is 5.73 Å². The van der Waals surface area contributed by atoms with Crippen molar-refractivity contribution in [2.45, 2.75) is 26.8 Å². The standard InChI is InChI=1S/C10H17N/c1-8-4-6-10(2,3)7-5-9(8)11/h4-9H,11H2,1-3H3. The second-order valence-corrected chi connectivity index (χ2v) is 3.98. The van der Waals surface area contributed by atoms with Crippen LogP contribution >= 0.6 is 0 Å². The van der Waals surface area contributed by atoms with Crippen molar-refractivity contribution in [1.82, 2.24) is 0 Å². The quantitative estimate of drug-likeness (QED) is 0.527.